The molecule has 0 saturated carbocycles. The van der Waals surface area contributed by atoms with E-state index in [2.05, 4.69) is 0 Å². The van der Waals surface area contributed by atoms with Crippen LogP contribution in [0.25, 0.3) is 0 Å². The van der Waals surface area contributed by atoms with Crippen molar-refractivity contribution in [3.63, 3.8) is 0 Å². The summed E-state index contributed by atoms with van der Waals surface area (Å²) in [6, 6.07) is 12.8. The van der Waals surface area contributed by atoms with Crippen LogP contribution in [0, 0.1) is 5.82 Å². The molecule has 158 valence electrons. The van der Waals surface area contributed by atoms with Gasteiger partial charge in [-0.1, -0.05) is 18.2 Å². The lowest BCUT2D eigenvalue weighted by Crippen LogP contribution is -2.47. The van der Waals surface area contributed by atoms with Crippen LogP contribution in [0.2, 0.25) is 0 Å². The van der Waals surface area contributed by atoms with Gasteiger partial charge in [-0.05, 0) is 43.2 Å². The van der Waals surface area contributed by atoms with Crippen LogP contribution >= 0.6 is 0 Å². The van der Waals surface area contributed by atoms with Crippen LogP contribution in [0.3, 0.4) is 0 Å². The summed E-state index contributed by atoms with van der Waals surface area (Å²) < 4.78 is 25.1. The molecular formula is C23H25FN2O4. The largest absolute Gasteiger partial charge is 0.494 e. The summed E-state index contributed by atoms with van der Waals surface area (Å²) >= 11 is 0. The van der Waals surface area contributed by atoms with Crippen LogP contribution in [-0.2, 0) is 4.79 Å². The number of nitrogens with zero attached hydrogens (tertiary/aromatic N) is 2. The van der Waals surface area contributed by atoms with Crippen molar-refractivity contribution in [3.05, 3.63) is 59.9 Å². The molecule has 2 saturated heterocycles. The highest BCUT2D eigenvalue weighted by Gasteiger charge is 2.43. The smallest absolute Gasteiger partial charge is 0.254 e. The fourth-order valence-electron chi connectivity index (χ4n) is 4.15. The molecule has 0 unspecified atom stereocenters. The van der Waals surface area contributed by atoms with Crippen LogP contribution < -0.4 is 9.47 Å². The van der Waals surface area contributed by atoms with E-state index in [-0.39, 0.29) is 35.8 Å². The van der Waals surface area contributed by atoms with Crippen molar-refractivity contribution in [1.82, 2.24) is 9.80 Å². The average Bonchev–Trinajstić information content (AvgIpc) is 3.44. The first kappa shape index (κ1) is 20.2. The first-order valence-corrected chi connectivity index (χ1v) is 10.2. The van der Waals surface area contributed by atoms with Crippen molar-refractivity contribution in [2.75, 3.05) is 26.7 Å². The standard InChI is InChI=1S/C23H25FN2O4/c1-29-21-10-9-16(13-19(21)24)22(27)26-15-18(30-17-7-3-2-4-8-17)14-20(26)23(28)25-11-5-6-12-25/h2-4,7-10,13,18,20H,5-6,11-12,14-15H2,1H3/t18-,20-/m0/s1. The lowest BCUT2D eigenvalue weighted by atomic mass is 10.1. The molecule has 2 heterocycles. The molecule has 0 N–H and O–H groups in total. The van der Waals surface area contributed by atoms with Crippen molar-refractivity contribution < 1.29 is 23.5 Å². The molecule has 2 fully saturated rings. The van der Waals surface area contributed by atoms with Gasteiger partial charge in [-0.15, -0.1) is 0 Å². The number of methoxy groups -OCH3 is 1. The Labute approximate surface area is 175 Å². The van der Waals surface area contributed by atoms with Gasteiger partial charge >= 0.3 is 0 Å². The molecule has 7 heteroatoms. The maximum Gasteiger partial charge on any atom is 0.254 e. The Balaban J connectivity index is 1.57. The number of hydrogen-bond acceptors (Lipinski definition) is 4. The number of halogens is 1. The Bertz CT molecular complexity index is 915. The minimum absolute atomic E-state index is 0.0611. The van der Waals surface area contributed by atoms with Gasteiger partial charge in [0.05, 0.1) is 13.7 Å². The predicted molar refractivity (Wildman–Crippen MR) is 109 cm³/mol. The maximum absolute atomic E-state index is 14.2. The number of benzene rings is 2. The molecule has 2 atom stereocenters. The average molecular weight is 412 g/mol. The van der Waals surface area contributed by atoms with Crippen molar-refractivity contribution in [2.24, 2.45) is 0 Å². The highest BCUT2D eigenvalue weighted by molar-refractivity contribution is 5.98. The van der Waals surface area contributed by atoms with Gasteiger partial charge in [-0.2, -0.15) is 0 Å². The van der Waals surface area contributed by atoms with Crippen molar-refractivity contribution in [1.29, 1.82) is 0 Å². The molecule has 2 aromatic carbocycles. The van der Waals surface area contributed by atoms with Gasteiger partial charge < -0.3 is 19.3 Å². The highest BCUT2D eigenvalue weighted by atomic mass is 19.1. The Kier molecular flexibility index (Phi) is 5.88. The van der Waals surface area contributed by atoms with Crippen molar-refractivity contribution in [2.45, 2.75) is 31.4 Å². The number of carbonyl (C=O) groups excluding carboxylic acids is 2. The van der Waals surface area contributed by atoms with Gasteiger partial charge in [0.15, 0.2) is 11.6 Å². The lowest BCUT2D eigenvalue weighted by molar-refractivity contribution is -0.134. The van der Waals surface area contributed by atoms with E-state index >= 15 is 0 Å². The van der Waals surface area contributed by atoms with E-state index in [0.717, 1.165) is 18.9 Å². The first-order valence-electron chi connectivity index (χ1n) is 10.2. The van der Waals surface area contributed by atoms with E-state index in [0.29, 0.717) is 25.3 Å². The van der Waals surface area contributed by atoms with Crippen LogP contribution in [0.15, 0.2) is 48.5 Å². The van der Waals surface area contributed by atoms with E-state index < -0.39 is 11.9 Å². The molecule has 0 aliphatic carbocycles. The summed E-state index contributed by atoms with van der Waals surface area (Å²) in [7, 11) is 1.37. The molecule has 2 aliphatic rings. The number of ether oxygens (including phenoxy) is 2. The number of likely N-dealkylation sites (tertiary alicyclic amines) is 2. The maximum atomic E-state index is 14.2. The highest BCUT2D eigenvalue weighted by Crippen LogP contribution is 2.28. The zero-order chi connectivity index (χ0) is 21.1. The van der Waals surface area contributed by atoms with Crippen LogP contribution in [0.4, 0.5) is 4.39 Å². The van der Waals surface area contributed by atoms with Gasteiger partial charge in [0.2, 0.25) is 5.91 Å². The monoisotopic (exact) mass is 412 g/mol. The van der Waals surface area contributed by atoms with Crippen molar-refractivity contribution >= 4 is 11.8 Å². The number of amides is 2. The van der Waals surface area contributed by atoms with Gasteiger partial charge in [0.1, 0.15) is 17.9 Å². The van der Waals surface area contributed by atoms with Crippen LogP contribution in [0.1, 0.15) is 29.6 Å². The third-order valence-electron chi connectivity index (χ3n) is 5.67. The predicted octanol–water partition coefficient (Wildman–Crippen LogP) is 3.12. The van der Waals surface area contributed by atoms with Gasteiger partial charge in [-0.3, -0.25) is 9.59 Å². The molecule has 2 amide bonds. The number of rotatable bonds is 5. The van der Waals surface area contributed by atoms with E-state index in [1.807, 2.05) is 35.2 Å². The third kappa shape index (κ3) is 4.10. The Morgan fingerprint density at radius 1 is 1.07 bits per heavy atom. The quantitative estimate of drug-likeness (QED) is 0.757. The molecule has 0 spiro atoms. The Morgan fingerprint density at radius 3 is 2.47 bits per heavy atom. The van der Waals surface area contributed by atoms with E-state index in [1.54, 1.807) is 0 Å². The molecule has 0 radical (unpaired) electrons. The number of carbonyl (C=O) groups is 2. The minimum atomic E-state index is -0.616. The van der Waals surface area contributed by atoms with Gasteiger partial charge in [0.25, 0.3) is 5.91 Å². The van der Waals surface area contributed by atoms with Gasteiger partial charge in [0, 0.05) is 25.1 Å². The first-order chi connectivity index (χ1) is 14.6. The molecule has 0 aromatic heterocycles. The van der Waals surface area contributed by atoms with Crippen LogP contribution in [0.5, 0.6) is 11.5 Å². The molecule has 0 bridgehead atoms. The van der Waals surface area contributed by atoms with Crippen molar-refractivity contribution in [3.8, 4) is 11.5 Å². The van der Waals surface area contributed by atoms with Gasteiger partial charge in [-0.25, -0.2) is 4.39 Å². The number of para-hydroxylation sites is 1. The summed E-state index contributed by atoms with van der Waals surface area (Å²) in [6.07, 6.45) is 2.05. The Hall–Kier alpha value is -3.09. The molecule has 30 heavy (non-hydrogen) atoms. The van der Waals surface area contributed by atoms with E-state index in [4.69, 9.17) is 9.47 Å². The second-order valence-electron chi connectivity index (χ2n) is 7.64. The molecule has 2 aliphatic heterocycles. The lowest BCUT2D eigenvalue weighted by Gasteiger charge is -2.27. The van der Waals surface area contributed by atoms with E-state index in [9.17, 15) is 14.0 Å². The second-order valence-corrected chi connectivity index (χ2v) is 7.64. The fourth-order valence-corrected chi connectivity index (χ4v) is 4.15. The molecule has 2 aromatic rings. The summed E-state index contributed by atoms with van der Waals surface area (Å²) in [5.41, 5.74) is 0.188. The number of hydrogen-bond donors (Lipinski definition) is 0. The second kappa shape index (κ2) is 8.73. The van der Waals surface area contributed by atoms with E-state index in [1.165, 1.54) is 24.1 Å². The topological polar surface area (TPSA) is 59.1 Å². The Morgan fingerprint density at radius 2 is 1.80 bits per heavy atom. The van der Waals surface area contributed by atoms with Crippen LogP contribution in [-0.4, -0.2) is 60.5 Å². The fraction of sp³-hybridized carbons (Fsp3) is 0.391. The third-order valence-corrected chi connectivity index (χ3v) is 5.67. The summed E-state index contributed by atoms with van der Waals surface area (Å²) in [4.78, 5) is 29.7. The summed E-state index contributed by atoms with van der Waals surface area (Å²) in [6.45, 7) is 1.68. The summed E-state index contributed by atoms with van der Waals surface area (Å²) in [5.74, 6) is -0.285. The molecular weight excluding hydrogens is 387 g/mol. The summed E-state index contributed by atoms with van der Waals surface area (Å²) in [5, 5.41) is 0. The normalized spacial score (nSPS) is 21.0. The zero-order valence-electron chi connectivity index (χ0n) is 16.9. The molecule has 6 nitrogen and oxygen atoms in total. The minimum Gasteiger partial charge on any atom is -0.494 e. The SMILES string of the molecule is COc1ccc(C(=O)N2C[C@@H](Oc3ccccc3)C[C@H]2C(=O)N2CCCC2)cc1F. The zero-order valence-corrected chi connectivity index (χ0v) is 16.9. The molecule has 4 rings (SSSR count).